The smallest absolute Gasteiger partial charge is 0.350 e. The lowest BCUT2D eigenvalue weighted by atomic mass is 9.88. The molecule has 0 aliphatic heterocycles. The van der Waals surface area contributed by atoms with E-state index in [1.54, 1.807) is 18.2 Å². The van der Waals surface area contributed by atoms with E-state index in [1.165, 1.54) is 24.3 Å². The van der Waals surface area contributed by atoms with Crippen molar-refractivity contribution in [1.82, 2.24) is 0 Å². The first-order valence-electron chi connectivity index (χ1n) is 20.3. The molecule has 6 nitrogen and oxygen atoms in total. The summed E-state index contributed by atoms with van der Waals surface area (Å²) >= 11 is 0. The van der Waals surface area contributed by atoms with Gasteiger partial charge in [-0.1, -0.05) is 52.8 Å². The van der Waals surface area contributed by atoms with Crippen LogP contribution in [0.15, 0.2) is 71.6 Å². The molecule has 0 spiro atoms. The van der Waals surface area contributed by atoms with E-state index in [9.17, 15) is 45.3 Å². The molecule has 27 heteroatoms. The van der Waals surface area contributed by atoms with Gasteiger partial charge in [-0.2, -0.15) is 17.6 Å². The molecule has 0 bridgehead atoms. The Morgan fingerprint density at radius 2 is 0.776 bits per heavy atom. The third kappa shape index (κ3) is 8.59. The largest absolute Gasteiger partial charge is 0.508 e. The average molecular weight is 1110 g/mol. The number of aromatic hydroxyl groups is 2. The summed E-state index contributed by atoms with van der Waals surface area (Å²) in [6, 6.07) is 14.3. The van der Waals surface area contributed by atoms with Crippen molar-refractivity contribution in [2.45, 2.75) is 10.6 Å². The fraction of sp³-hybridized carbons (Fsp3) is 0.0408. The fourth-order valence-electron chi connectivity index (χ4n) is 7.59. The number of phenols is 2. The summed E-state index contributed by atoms with van der Waals surface area (Å²) in [5, 5.41) is 22.9. The number of hydrogen-bond acceptors (Lipinski definition) is 6. The number of fused-ring (bicyclic) bond motifs is 1. The highest BCUT2D eigenvalue weighted by molar-refractivity contribution is 8.29. The zero-order chi connectivity index (χ0) is 55.9. The van der Waals surface area contributed by atoms with Crippen LogP contribution in [0, 0.1) is 116 Å². The lowest BCUT2D eigenvalue weighted by Crippen LogP contribution is -2.18. The van der Waals surface area contributed by atoms with Gasteiger partial charge in [-0.05, 0) is 40.6 Å². The van der Waals surface area contributed by atoms with Crippen LogP contribution in [0.1, 0.15) is 15.9 Å². The van der Waals surface area contributed by atoms with Crippen molar-refractivity contribution in [3.8, 4) is 56.8 Å². The van der Waals surface area contributed by atoms with Gasteiger partial charge in [0.2, 0.25) is 87.1 Å². The summed E-state index contributed by atoms with van der Waals surface area (Å²) in [6.07, 6.45) is 0.988. The van der Waals surface area contributed by atoms with Crippen LogP contribution in [0.25, 0.3) is 33.0 Å². The number of carbonyl (C=O) groups excluding carboxylic acids is 1. The molecular weight excluding hydrogens is 1100 g/mol. The van der Waals surface area contributed by atoms with Crippen molar-refractivity contribution < 1.29 is 116 Å². The Morgan fingerprint density at radius 1 is 0.408 bits per heavy atom. The van der Waals surface area contributed by atoms with Crippen LogP contribution >= 0.6 is 10.3 Å². The predicted octanol–water partition coefficient (Wildman–Crippen LogP) is 15.7. The number of halogens is 20. The molecule has 0 aliphatic carbocycles. The first kappa shape index (κ1) is 53.9. The third-order valence-corrected chi connectivity index (χ3v) is 13.8. The molecule has 0 heterocycles. The van der Waals surface area contributed by atoms with Gasteiger partial charge in [-0.25, -0.2) is 75.0 Å². The normalized spacial score (nSPS) is 12.8. The molecule has 1 atom stereocenters. The van der Waals surface area contributed by atoms with E-state index in [0.717, 1.165) is 30.5 Å². The highest BCUT2D eigenvalue weighted by atomic mass is 32.3. The molecule has 0 aromatic heterocycles. The van der Waals surface area contributed by atoms with Gasteiger partial charge in [0.1, 0.15) is 5.75 Å². The molecule has 396 valence electrons. The first-order valence-corrected chi connectivity index (χ1v) is 22.4. The van der Waals surface area contributed by atoms with Crippen LogP contribution in [-0.4, -0.2) is 22.4 Å². The van der Waals surface area contributed by atoms with Gasteiger partial charge in [-0.15, -0.1) is 0 Å². The average Bonchev–Trinajstić information content (AvgIpc) is 3.40. The predicted molar refractivity (Wildman–Crippen MR) is 224 cm³/mol. The minimum Gasteiger partial charge on any atom is -0.508 e. The lowest BCUT2D eigenvalue weighted by molar-refractivity contribution is 0.0759. The van der Waals surface area contributed by atoms with Crippen LogP contribution in [0.4, 0.5) is 87.8 Å². The zero-order valence-corrected chi connectivity index (χ0v) is 37.4. The second-order valence-corrected chi connectivity index (χ2v) is 18.6. The van der Waals surface area contributed by atoms with Crippen LogP contribution in [0.5, 0.6) is 34.5 Å². The first-order chi connectivity index (χ1) is 35.7. The van der Waals surface area contributed by atoms with E-state index >= 15 is 57.5 Å². The van der Waals surface area contributed by atoms with E-state index in [1.807, 2.05) is 0 Å². The van der Waals surface area contributed by atoms with Gasteiger partial charge in [0.25, 0.3) is 0 Å². The molecule has 8 aromatic rings. The van der Waals surface area contributed by atoms with Gasteiger partial charge < -0.3 is 23.9 Å². The lowest BCUT2D eigenvalue weighted by Gasteiger charge is -2.36. The van der Waals surface area contributed by atoms with Crippen molar-refractivity contribution in [3.05, 3.63) is 194 Å². The summed E-state index contributed by atoms with van der Waals surface area (Å²) in [6.45, 7) is 0. The van der Waals surface area contributed by atoms with E-state index in [2.05, 4.69) is 4.74 Å². The molecule has 8 aromatic carbocycles. The summed E-state index contributed by atoms with van der Waals surface area (Å²) in [4.78, 5) is 15.1. The Bertz CT molecular complexity index is 3680. The molecule has 0 aliphatic rings. The van der Waals surface area contributed by atoms with Crippen LogP contribution in [-0.2, 0) is 9.94 Å². The second kappa shape index (κ2) is 19.7. The van der Waals surface area contributed by atoms with Crippen LogP contribution in [0.2, 0.25) is 0 Å². The Balaban J connectivity index is 1.63. The van der Waals surface area contributed by atoms with Gasteiger partial charge >= 0.3 is 5.97 Å². The number of benzene rings is 8. The summed E-state index contributed by atoms with van der Waals surface area (Å²) < 4.78 is 322. The maximum Gasteiger partial charge on any atom is 0.350 e. The summed E-state index contributed by atoms with van der Waals surface area (Å²) in [7, 11) is -3.89. The van der Waals surface area contributed by atoms with Crippen LogP contribution in [0.3, 0.4) is 0 Å². The molecule has 76 heavy (non-hydrogen) atoms. The van der Waals surface area contributed by atoms with Crippen molar-refractivity contribution in [1.29, 1.82) is 0 Å². The van der Waals surface area contributed by atoms with Gasteiger partial charge in [0.05, 0.1) is 16.7 Å². The molecule has 2 N–H and O–H groups in total. The molecule has 0 saturated heterocycles. The maximum absolute atomic E-state index is 16.5. The fourth-order valence-corrected chi connectivity index (χ4v) is 9.89. The van der Waals surface area contributed by atoms with E-state index in [0.29, 0.717) is 10.8 Å². The topological polar surface area (TPSA) is 85.2 Å². The molecule has 0 radical (unpaired) electrons. The van der Waals surface area contributed by atoms with Crippen molar-refractivity contribution in [2.24, 2.45) is 0 Å². The number of ether oxygens (including phenoxy) is 2. The standard InChI is InChI=1S/C49H18F20O6S/c1-76(17-11-9-16(70)10-12-17,13-15-7-4-6-14-5-2-3-8-18(14)15)75-49(72)21-19(22-24(50)28(54)32(58)29(55)25(22)51)44(71)48(74-47-42(68)38(64)35(61)39(65)43(47)69)45(73-46-40(66)36(62)34(60)37(63)41(46)67)20(21)23-26(52)30(56)33(59)31(57)27(23)53/h2-12,70-71H,13H2,1H3. The Morgan fingerprint density at radius 3 is 1.22 bits per heavy atom. The Hall–Kier alpha value is -8.36. The number of hydrogen-bond donors (Lipinski definition) is 2. The highest BCUT2D eigenvalue weighted by Gasteiger charge is 2.44. The maximum atomic E-state index is 16.5. The third-order valence-electron chi connectivity index (χ3n) is 11.2. The Labute approximate surface area is 410 Å². The van der Waals surface area contributed by atoms with Gasteiger partial charge in [0, 0.05) is 28.0 Å². The number of carbonyl (C=O) groups is 1. The zero-order valence-electron chi connectivity index (χ0n) is 36.6. The van der Waals surface area contributed by atoms with Crippen molar-refractivity contribution >= 4 is 27.1 Å². The molecule has 8 rings (SSSR count). The number of phenolic OH excluding ortho intramolecular Hbond substituents is 2. The SMILES string of the molecule is CS(Cc1cccc2ccccc12)(OC(=O)c1c(-c2c(F)c(F)c(F)c(F)c2F)c(O)c(Oc2c(F)c(F)c(F)c(F)c2F)c(Oc2c(F)c(F)c(F)c(F)c2F)c1-c1c(F)c(F)c(F)c(F)c1F)c1ccc(O)cc1. The minimum atomic E-state index is -3.89. The van der Waals surface area contributed by atoms with Gasteiger partial charge in [-0.3, -0.25) is 0 Å². The van der Waals surface area contributed by atoms with E-state index < -0.39 is 201 Å². The monoisotopic (exact) mass is 1110 g/mol. The summed E-state index contributed by atoms with van der Waals surface area (Å²) in [5.41, 5.74) is -13.6. The molecular formula is C49H18F20O6S. The van der Waals surface area contributed by atoms with E-state index in [4.69, 9.17) is 8.92 Å². The summed E-state index contributed by atoms with van der Waals surface area (Å²) in [5.74, 6) is -81.8. The van der Waals surface area contributed by atoms with Crippen molar-refractivity contribution in [2.75, 3.05) is 6.26 Å². The van der Waals surface area contributed by atoms with Crippen LogP contribution < -0.4 is 9.47 Å². The molecule has 0 saturated carbocycles. The minimum absolute atomic E-state index is 0.154. The second-order valence-electron chi connectivity index (χ2n) is 15.7. The highest BCUT2D eigenvalue weighted by Crippen LogP contribution is 2.62. The van der Waals surface area contributed by atoms with Gasteiger partial charge in [0.15, 0.2) is 58.0 Å². The number of rotatable bonds is 11. The van der Waals surface area contributed by atoms with E-state index in [-0.39, 0.29) is 10.5 Å². The van der Waals surface area contributed by atoms with Crippen molar-refractivity contribution in [3.63, 3.8) is 0 Å². The molecule has 0 amide bonds. The molecule has 1 unspecified atom stereocenters. The Kier molecular flexibility index (Phi) is 14.0. The quantitative estimate of drug-likeness (QED) is 0.0763. The molecule has 0 fully saturated rings.